The minimum Gasteiger partial charge on any atom is -0.508 e. The average Bonchev–Trinajstić information content (AvgIpc) is 2.29. The van der Waals surface area contributed by atoms with Gasteiger partial charge in [-0.1, -0.05) is 17.3 Å². The number of phenolic OH excluding ortho intramolecular Hbond substituents is 1. The predicted molar refractivity (Wildman–Crippen MR) is 56.4 cm³/mol. The lowest BCUT2D eigenvalue weighted by molar-refractivity contribution is 0.0695. The van der Waals surface area contributed by atoms with Crippen molar-refractivity contribution < 1.29 is 10.2 Å². The van der Waals surface area contributed by atoms with Crippen molar-refractivity contribution >= 4 is 6.08 Å². The Morgan fingerprint density at radius 1 is 1.31 bits per heavy atom. The van der Waals surface area contributed by atoms with E-state index >= 15 is 0 Å². The van der Waals surface area contributed by atoms with Gasteiger partial charge in [0.15, 0.2) is 6.04 Å². The van der Waals surface area contributed by atoms with Crippen LogP contribution in [0.25, 0.3) is 6.08 Å². The minimum atomic E-state index is -2.15. The van der Waals surface area contributed by atoms with Gasteiger partial charge in [0.1, 0.15) is 5.75 Å². The molecular weight excluding hydrogens is 212 g/mol. The third-order valence-corrected chi connectivity index (χ3v) is 2.53. The van der Waals surface area contributed by atoms with E-state index in [2.05, 4.69) is 10.4 Å². The molecule has 0 saturated heterocycles. The van der Waals surface area contributed by atoms with Gasteiger partial charge < -0.3 is 10.2 Å². The highest BCUT2D eigenvalue weighted by atomic mass is 16.4. The maximum atomic E-state index is 10.7. The Hall–Kier alpha value is -2.08. The van der Waals surface area contributed by atoms with Crippen LogP contribution in [0, 0.1) is 9.81 Å². The molecule has 0 bridgehead atoms. The van der Waals surface area contributed by atoms with Gasteiger partial charge in [-0.25, -0.2) is 0 Å². The number of hydrogen-bond acceptors (Lipinski definition) is 6. The summed E-state index contributed by atoms with van der Waals surface area (Å²) in [6.07, 6.45) is 2.51. The first-order chi connectivity index (χ1) is 7.60. The second kappa shape index (κ2) is 3.49. The van der Waals surface area contributed by atoms with Crippen molar-refractivity contribution in [1.29, 1.82) is 0 Å². The molecule has 0 radical (unpaired) electrons. The molecule has 0 heterocycles. The van der Waals surface area contributed by atoms with Crippen molar-refractivity contribution in [3.8, 4) is 5.75 Å². The van der Waals surface area contributed by atoms with E-state index < -0.39 is 11.8 Å². The molecule has 82 valence electrons. The molecule has 2 rings (SSSR count). The SMILES string of the molecule is O=NC1c2ccc(O)cc2C=CC1(O)N=O. The number of nitrogens with zero attached hydrogens (tertiary/aromatic N) is 2. The lowest BCUT2D eigenvalue weighted by atomic mass is 9.87. The Kier molecular flexibility index (Phi) is 2.28. The van der Waals surface area contributed by atoms with E-state index in [1.807, 2.05) is 0 Å². The van der Waals surface area contributed by atoms with Gasteiger partial charge in [-0.2, -0.15) is 0 Å². The summed E-state index contributed by atoms with van der Waals surface area (Å²) >= 11 is 0. The van der Waals surface area contributed by atoms with Gasteiger partial charge in [0, 0.05) is 0 Å². The molecule has 0 saturated carbocycles. The monoisotopic (exact) mass is 220 g/mol. The van der Waals surface area contributed by atoms with Gasteiger partial charge in [0.05, 0.1) is 0 Å². The lowest BCUT2D eigenvalue weighted by Crippen LogP contribution is -2.32. The molecule has 2 unspecified atom stereocenters. The van der Waals surface area contributed by atoms with Crippen LogP contribution >= 0.6 is 0 Å². The first-order valence-electron chi connectivity index (χ1n) is 4.52. The lowest BCUT2D eigenvalue weighted by Gasteiger charge is -2.26. The Bertz CT molecular complexity index is 486. The Balaban J connectivity index is 2.61. The van der Waals surface area contributed by atoms with Crippen LogP contribution in [-0.4, -0.2) is 15.9 Å². The number of fused-ring (bicyclic) bond motifs is 1. The highest BCUT2D eigenvalue weighted by molar-refractivity contribution is 5.62. The fourth-order valence-electron chi connectivity index (χ4n) is 1.70. The molecule has 1 aromatic rings. The molecule has 1 aliphatic carbocycles. The van der Waals surface area contributed by atoms with Crippen molar-refractivity contribution in [2.45, 2.75) is 11.8 Å². The fraction of sp³-hybridized carbons (Fsp3) is 0.200. The van der Waals surface area contributed by atoms with Crippen LogP contribution in [0.5, 0.6) is 5.75 Å². The summed E-state index contributed by atoms with van der Waals surface area (Å²) in [5.41, 5.74) is -1.26. The molecule has 0 aromatic heterocycles. The quantitative estimate of drug-likeness (QED) is 0.740. The minimum absolute atomic E-state index is 0.0255. The van der Waals surface area contributed by atoms with E-state index in [0.29, 0.717) is 11.1 Å². The Morgan fingerprint density at radius 3 is 2.69 bits per heavy atom. The van der Waals surface area contributed by atoms with Crippen molar-refractivity contribution in [2.75, 3.05) is 0 Å². The molecule has 6 heteroatoms. The smallest absolute Gasteiger partial charge is 0.247 e. The third kappa shape index (κ3) is 1.40. The molecule has 0 spiro atoms. The normalized spacial score (nSPS) is 27.2. The first-order valence-corrected chi connectivity index (χ1v) is 4.52. The zero-order valence-electron chi connectivity index (χ0n) is 8.07. The number of phenols is 1. The van der Waals surface area contributed by atoms with Gasteiger partial charge >= 0.3 is 0 Å². The van der Waals surface area contributed by atoms with Crippen molar-refractivity contribution in [2.24, 2.45) is 10.4 Å². The van der Waals surface area contributed by atoms with Gasteiger partial charge in [-0.15, -0.1) is 9.81 Å². The van der Waals surface area contributed by atoms with Gasteiger partial charge in [-0.3, -0.25) is 0 Å². The molecule has 0 aliphatic heterocycles. The Labute approximate surface area is 90.2 Å². The van der Waals surface area contributed by atoms with Crippen LogP contribution in [0.15, 0.2) is 34.6 Å². The highest BCUT2D eigenvalue weighted by Gasteiger charge is 2.42. The van der Waals surface area contributed by atoms with Crippen molar-refractivity contribution in [3.05, 3.63) is 45.2 Å². The van der Waals surface area contributed by atoms with Crippen LogP contribution in [0.4, 0.5) is 0 Å². The molecule has 16 heavy (non-hydrogen) atoms. The van der Waals surface area contributed by atoms with Crippen LogP contribution in [-0.2, 0) is 0 Å². The predicted octanol–water partition coefficient (Wildman–Crippen LogP) is 1.68. The number of benzene rings is 1. The standard InChI is InChI=1S/C10H8N2O4/c13-7-1-2-8-6(5-7)3-4-10(14,12-16)9(8)11-15/h1-5,9,13-14H. The van der Waals surface area contributed by atoms with E-state index in [0.717, 1.165) is 6.08 Å². The summed E-state index contributed by atoms with van der Waals surface area (Å²) in [4.78, 5) is 21.2. The second-order valence-corrected chi connectivity index (χ2v) is 3.53. The van der Waals surface area contributed by atoms with Gasteiger partial charge in [0.2, 0.25) is 5.72 Å². The summed E-state index contributed by atoms with van der Waals surface area (Å²) in [7, 11) is 0. The van der Waals surface area contributed by atoms with Crippen LogP contribution in [0.2, 0.25) is 0 Å². The van der Waals surface area contributed by atoms with E-state index in [9.17, 15) is 20.0 Å². The average molecular weight is 220 g/mol. The van der Waals surface area contributed by atoms with Gasteiger partial charge in [0.25, 0.3) is 0 Å². The van der Waals surface area contributed by atoms with E-state index in [1.54, 1.807) is 0 Å². The maximum Gasteiger partial charge on any atom is 0.247 e. The molecule has 2 atom stereocenters. The summed E-state index contributed by atoms with van der Waals surface area (Å²) in [5, 5.41) is 24.2. The zero-order chi connectivity index (χ0) is 11.8. The van der Waals surface area contributed by atoms with Gasteiger partial charge in [-0.05, 0) is 34.5 Å². The number of aliphatic hydroxyl groups is 1. The van der Waals surface area contributed by atoms with Crippen LogP contribution in [0.3, 0.4) is 0 Å². The number of hydrogen-bond donors (Lipinski definition) is 2. The second-order valence-electron chi connectivity index (χ2n) is 3.53. The largest absolute Gasteiger partial charge is 0.508 e. The molecule has 2 N–H and O–H groups in total. The van der Waals surface area contributed by atoms with Crippen molar-refractivity contribution in [1.82, 2.24) is 0 Å². The third-order valence-electron chi connectivity index (χ3n) is 2.53. The molecule has 0 amide bonds. The summed E-state index contributed by atoms with van der Waals surface area (Å²) in [5.74, 6) is 0.0255. The number of aromatic hydroxyl groups is 1. The topological polar surface area (TPSA) is 99.3 Å². The maximum absolute atomic E-state index is 10.7. The summed E-state index contributed by atoms with van der Waals surface area (Å²) in [6, 6.07) is 2.90. The molecule has 0 fully saturated rings. The fourth-order valence-corrected chi connectivity index (χ4v) is 1.70. The first kappa shape index (κ1) is 10.4. The van der Waals surface area contributed by atoms with Crippen LogP contribution < -0.4 is 0 Å². The van der Waals surface area contributed by atoms with E-state index in [4.69, 9.17) is 0 Å². The van der Waals surface area contributed by atoms with E-state index in [1.165, 1.54) is 24.3 Å². The Morgan fingerprint density at radius 2 is 2.06 bits per heavy atom. The number of nitroso groups, excluding NO2 is 2. The van der Waals surface area contributed by atoms with Crippen LogP contribution in [0.1, 0.15) is 17.2 Å². The zero-order valence-corrected chi connectivity index (χ0v) is 8.07. The summed E-state index contributed by atoms with van der Waals surface area (Å²) in [6.45, 7) is 0. The molecule has 1 aromatic carbocycles. The molecule has 1 aliphatic rings. The molecular formula is C10H8N2O4. The molecule has 6 nitrogen and oxygen atoms in total. The number of rotatable bonds is 2. The highest BCUT2D eigenvalue weighted by Crippen LogP contribution is 2.39. The summed E-state index contributed by atoms with van der Waals surface area (Å²) < 4.78 is 0. The van der Waals surface area contributed by atoms with E-state index in [-0.39, 0.29) is 5.75 Å². The van der Waals surface area contributed by atoms with Crippen molar-refractivity contribution in [3.63, 3.8) is 0 Å².